The van der Waals surface area contributed by atoms with Gasteiger partial charge in [0.2, 0.25) is 0 Å². The van der Waals surface area contributed by atoms with E-state index >= 15 is 0 Å². The van der Waals surface area contributed by atoms with Crippen molar-refractivity contribution in [3.63, 3.8) is 0 Å². The highest BCUT2D eigenvalue weighted by Crippen LogP contribution is 2.44. The van der Waals surface area contributed by atoms with E-state index in [9.17, 15) is 14.7 Å². The fourth-order valence-electron chi connectivity index (χ4n) is 4.79. The summed E-state index contributed by atoms with van der Waals surface area (Å²) in [5, 5.41) is 12.3. The van der Waals surface area contributed by atoms with Crippen molar-refractivity contribution in [3.05, 3.63) is 108 Å². The molecule has 0 bridgehead atoms. The van der Waals surface area contributed by atoms with E-state index in [1.807, 2.05) is 67.6 Å². The summed E-state index contributed by atoms with van der Waals surface area (Å²) in [5.41, 5.74) is 7.59. The minimum absolute atomic E-state index is 0. The molecule has 3 aromatic carbocycles. The van der Waals surface area contributed by atoms with Gasteiger partial charge in [-0.05, 0) is 40.3 Å². The lowest BCUT2D eigenvalue weighted by Crippen LogP contribution is -2.43. The number of carbonyl (C=O) groups is 2. The number of fused-ring (bicyclic) bond motifs is 3. The van der Waals surface area contributed by atoms with Crippen molar-refractivity contribution < 1.29 is 19.4 Å². The summed E-state index contributed by atoms with van der Waals surface area (Å²) in [5.74, 6) is -1.27. The van der Waals surface area contributed by atoms with Crippen LogP contribution in [0.3, 0.4) is 0 Å². The second kappa shape index (κ2) is 11.2. The van der Waals surface area contributed by atoms with Crippen LogP contribution in [0, 0.1) is 6.92 Å². The Kier molecular flexibility index (Phi) is 7.84. The van der Waals surface area contributed by atoms with Crippen molar-refractivity contribution in [2.75, 3.05) is 6.61 Å². The second-order valence-corrected chi connectivity index (χ2v) is 8.78. The average molecular weight is 516 g/mol. The van der Waals surface area contributed by atoms with E-state index in [1.165, 1.54) is 6.33 Å². The molecule has 1 aliphatic rings. The number of nitrogens with zero attached hydrogens (tertiary/aromatic N) is 2. The Morgan fingerprint density at radius 3 is 2.16 bits per heavy atom. The number of carbonyl (C=O) groups excluding carboxylic acids is 1. The van der Waals surface area contributed by atoms with Gasteiger partial charge in [-0.3, -0.25) is 0 Å². The number of alkyl carbamates (subject to hydrolysis) is 1. The predicted molar refractivity (Wildman–Crippen MR) is 143 cm³/mol. The first kappa shape index (κ1) is 25.9. The van der Waals surface area contributed by atoms with Gasteiger partial charge < -0.3 is 15.2 Å². The third kappa shape index (κ3) is 5.32. The molecule has 0 fully saturated rings. The standard InChI is InChI=1S/C29H25N3O4.ClH/c1-18-8-2-3-9-20(18)27-19(15-30-17-31-27)14-26(28(33)34)32-29(35)36-16-25-23-12-6-4-10-21(23)22-11-5-7-13-24(22)25;/h2-13,15,17,25-26H,14,16H2,1H3,(H,32,35)(H,33,34);1H/t26-;/m0./s1. The van der Waals surface area contributed by atoms with Gasteiger partial charge in [-0.1, -0.05) is 72.8 Å². The van der Waals surface area contributed by atoms with Crippen LogP contribution < -0.4 is 5.32 Å². The molecule has 1 aliphatic carbocycles. The van der Waals surface area contributed by atoms with E-state index in [0.29, 0.717) is 11.3 Å². The number of nitrogens with one attached hydrogen (secondary N) is 1. The first-order chi connectivity index (χ1) is 17.5. The first-order valence-corrected chi connectivity index (χ1v) is 11.7. The fourth-order valence-corrected chi connectivity index (χ4v) is 4.79. The summed E-state index contributed by atoms with van der Waals surface area (Å²) in [6.45, 7) is 2.07. The lowest BCUT2D eigenvalue weighted by molar-refractivity contribution is -0.139. The number of rotatable bonds is 7. The zero-order valence-electron chi connectivity index (χ0n) is 20.1. The highest BCUT2D eigenvalue weighted by molar-refractivity contribution is 5.85. The zero-order valence-corrected chi connectivity index (χ0v) is 20.9. The van der Waals surface area contributed by atoms with E-state index in [2.05, 4.69) is 27.4 Å². The number of ether oxygens (including phenoxy) is 1. The van der Waals surface area contributed by atoms with Gasteiger partial charge >= 0.3 is 12.1 Å². The summed E-state index contributed by atoms with van der Waals surface area (Å²) < 4.78 is 5.55. The molecule has 0 saturated carbocycles. The molecule has 1 atom stereocenters. The van der Waals surface area contributed by atoms with Crippen LogP contribution in [0.4, 0.5) is 4.79 Å². The molecule has 1 amide bonds. The molecule has 4 aromatic rings. The molecule has 188 valence electrons. The molecule has 0 aliphatic heterocycles. The van der Waals surface area contributed by atoms with Crippen LogP contribution in [0.2, 0.25) is 0 Å². The number of benzene rings is 3. The minimum atomic E-state index is -1.20. The highest BCUT2D eigenvalue weighted by Gasteiger charge is 2.30. The number of aliphatic carboxylic acids is 1. The summed E-state index contributed by atoms with van der Waals surface area (Å²) in [6, 6.07) is 22.6. The van der Waals surface area contributed by atoms with Gasteiger partial charge in [-0.25, -0.2) is 19.6 Å². The molecule has 5 rings (SSSR count). The Hall–Kier alpha value is -4.23. The largest absolute Gasteiger partial charge is 0.480 e. The van der Waals surface area contributed by atoms with Crippen LogP contribution >= 0.6 is 12.4 Å². The van der Waals surface area contributed by atoms with E-state index < -0.39 is 18.1 Å². The average Bonchev–Trinajstić information content (AvgIpc) is 3.21. The van der Waals surface area contributed by atoms with Crippen molar-refractivity contribution in [1.29, 1.82) is 0 Å². The molecule has 7 nitrogen and oxygen atoms in total. The Morgan fingerprint density at radius 1 is 0.946 bits per heavy atom. The number of amides is 1. The Morgan fingerprint density at radius 2 is 1.54 bits per heavy atom. The van der Waals surface area contributed by atoms with Gasteiger partial charge in [0.1, 0.15) is 19.0 Å². The second-order valence-electron chi connectivity index (χ2n) is 8.78. The summed E-state index contributed by atoms with van der Waals surface area (Å²) >= 11 is 0. The summed E-state index contributed by atoms with van der Waals surface area (Å²) in [6.07, 6.45) is 2.26. The molecule has 8 heteroatoms. The van der Waals surface area contributed by atoms with E-state index in [1.54, 1.807) is 6.20 Å². The minimum Gasteiger partial charge on any atom is -0.480 e. The molecular weight excluding hydrogens is 490 g/mol. The van der Waals surface area contributed by atoms with Crippen LogP contribution in [0.1, 0.15) is 28.2 Å². The SMILES string of the molecule is Cc1ccccc1-c1ncncc1C[C@H](NC(=O)OCC1c2ccccc2-c2ccccc21)C(=O)O.Cl. The number of carboxylic acids is 1. The van der Waals surface area contributed by atoms with Crippen LogP contribution in [-0.2, 0) is 16.0 Å². The summed E-state index contributed by atoms with van der Waals surface area (Å²) in [4.78, 5) is 33.2. The van der Waals surface area contributed by atoms with Gasteiger partial charge in [0.25, 0.3) is 0 Å². The number of halogens is 1. The smallest absolute Gasteiger partial charge is 0.407 e. The maximum atomic E-state index is 12.7. The van der Waals surface area contributed by atoms with Gasteiger partial charge in [0, 0.05) is 24.1 Å². The van der Waals surface area contributed by atoms with Gasteiger partial charge in [-0.2, -0.15) is 0 Å². The molecule has 0 saturated heterocycles. The zero-order chi connectivity index (χ0) is 25.1. The Bertz CT molecular complexity index is 1400. The number of aryl methyl sites for hydroxylation is 1. The lowest BCUT2D eigenvalue weighted by Gasteiger charge is -2.18. The molecule has 1 heterocycles. The van der Waals surface area contributed by atoms with Crippen molar-refractivity contribution in [3.8, 4) is 22.4 Å². The van der Waals surface area contributed by atoms with Crippen molar-refractivity contribution in [2.24, 2.45) is 0 Å². The topological polar surface area (TPSA) is 101 Å². The maximum absolute atomic E-state index is 12.7. The van der Waals surface area contributed by atoms with Gasteiger partial charge in [0.15, 0.2) is 0 Å². The Labute approximate surface area is 221 Å². The van der Waals surface area contributed by atoms with Crippen LogP contribution in [0.25, 0.3) is 22.4 Å². The van der Waals surface area contributed by atoms with E-state index in [4.69, 9.17) is 4.74 Å². The quantitative estimate of drug-likeness (QED) is 0.341. The fraction of sp³-hybridized carbons (Fsp3) is 0.172. The van der Waals surface area contributed by atoms with Crippen LogP contribution in [0.5, 0.6) is 0 Å². The van der Waals surface area contributed by atoms with E-state index in [0.717, 1.165) is 33.4 Å². The summed E-state index contributed by atoms with van der Waals surface area (Å²) in [7, 11) is 0. The van der Waals surface area contributed by atoms with Gasteiger partial charge in [-0.15, -0.1) is 12.4 Å². The first-order valence-electron chi connectivity index (χ1n) is 11.7. The van der Waals surface area contributed by atoms with Crippen LogP contribution in [0.15, 0.2) is 85.3 Å². The molecule has 37 heavy (non-hydrogen) atoms. The van der Waals surface area contributed by atoms with Crippen LogP contribution in [-0.4, -0.2) is 39.8 Å². The Balaban J connectivity index is 0.00000320. The number of aromatic nitrogens is 2. The third-order valence-corrected chi connectivity index (χ3v) is 6.55. The number of hydrogen-bond acceptors (Lipinski definition) is 5. The molecule has 2 N–H and O–H groups in total. The van der Waals surface area contributed by atoms with Crippen molar-refractivity contribution in [1.82, 2.24) is 15.3 Å². The number of carboxylic acid groups (broad SMARTS) is 1. The third-order valence-electron chi connectivity index (χ3n) is 6.55. The van der Waals surface area contributed by atoms with Crippen molar-refractivity contribution in [2.45, 2.75) is 25.3 Å². The lowest BCUT2D eigenvalue weighted by atomic mass is 9.98. The predicted octanol–water partition coefficient (Wildman–Crippen LogP) is 5.41. The normalized spacial score (nSPS) is 12.6. The molecule has 0 radical (unpaired) electrons. The molecule has 0 spiro atoms. The van der Waals surface area contributed by atoms with Crippen molar-refractivity contribution >= 4 is 24.5 Å². The maximum Gasteiger partial charge on any atom is 0.407 e. The van der Waals surface area contributed by atoms with Gasteiger partial charge in [0.05, 0.1) is 5.69 Å². The monoisotopic (exact) mass is 515 g/mol. The molecular formula is C29H26ClN3O4. The highest BCUT2D eigenvalue weighted by atomic mass is 35.5. The molecule has 1 aromatic heterocycles. The number of hydrogen-bond donors (Lipinski definition) is 2. The molecule has 0 unspecified atom stereocenters. The van der Waals surface area contributed by atoms with E-state index in [-0.39, 0.29) is 31.4 Å².